The molecule has 80 valence electrons. The first-order valence-corrected chi connectivity index (χ1v) is 4.52. The van der Waals surface area contributed by atoms with Gasteiger partial charge in [0, 0.05) is 5.41 Å². The summed E-state index contributed by atoms with van der Waals surface area (Å²) in [5.74, 6) is 0. The van der Waals surface area contributed by atoms with E-state index >= 15 is 0 Å². The molecule has 0 aliphatic heterocycles. The Balaban J connectivity index is 4.32. The average Bonchev–Trinajstić information content (AvgIpc) is 2.14. The highest BCUT2D eigenvalue weighted by Gasteiger charge is 2.35. The lowest BCUT2D eigenvalue weighted by Gasteiger charge is -2.33. The van der Waals surface area contributed by atoms with Crippen molar-refractivity contribution in [2.45, 2.75) is 45.5 Å². The lowest BCUT2D eigenvalue weighted by Crippen LogP contribution is -2.47. The highest BCUT2D eigenvalue weighted by atomic mass is 16.4. The van der Waals surface area contributed by atoms with E-state index in [2.05, 4.69) is 0 Å². The Morgan fingerprint density at radius 2 is 1.62 bits per heavy atom. The second-order valence-corrected chi connectivity index (χ2v) is 4.06. The van der Waals surface area contributed by atoms with E-state index in [-0.39, 0.29) is 6.61 Å². The van der Waals surface area contributed by atoms with Crippen molar-refractivity contribution in [3.05, 3.63) is 0 Å². The second kappa shape index (κ2) is 4.91. The summed E-state index contributed by atoms with van der Waals surface area (Å²) in [5.41, 5.74) is -0.796. The summed E-state index contributed by atoms with van der Waals surface area (Å²) in [7, 11) is 0. The monoisotopic (exact) mass is 192 g/mol. The third kappa shape index (κ3) is 3.23. The van der Waals surface area contributed by atoms with Crippen LogP contribution in [-0.2, 0) is 0 Å². The van der Waals surface area contributed by atoms with Crippen molar-refractivity contribution in [2.75, 3.05) is 6.61 Å². The van der Waals surface area contributed by atoms with Gasteiger partial charge in [0.05, 0.1) is 18.8 Å². The summed E-state index contributed by atoms with van der Waals surface area (Å²) in [5, 5.41) is 37.2. The molecule has 0 heterocycles. The van der Waals surface area contributed by atoms with E-state index < -0.39 is 23.7 Å². The smallest absolute Gasteiger partial charge is 0.106 e. The molecule has 4 heteroatoms. The maximum Gasteiger partial charge on any atom is 0.106 e. The van der Waals surface area contributed by atoms with Crippen LogP contribution in [0.2, 0.25) is 0 Å². The molecular formula is C9H20O4. The van der Waals surface area contributed by atoms with E-state index in [1.807, 2.05) is 0 Å². The first kappa shape index (κ1) is 12.8. The van der Waals surface area contributed by atoms with Crippen LogP contribution < -0.4 is 0 Å². The summed E-state index contributed by atoms with van der Waals surface area (Å²) in [6.07, 6.45) is -2.89. The van der Waals surface area contributed by atoms with Crippen LogP contribution in [-0.4, -0.2) is 45.3 Å². The van der Waals surface area contributed by atoms with Gasteiger partial charge < -0.3 is 20.4 Å². The molecule has 0 rings (SSSR count). The van der Waals surface area contributed by atoms with Crippen LogP contribution in [0.25, 0.3) is 0 Å². The number of hydrogen-bond acceptors (Lipinski definition) is 4. The molecule has 0 aliphatic carbocycles. The molecule has 0 fully saturated rings. The van der Waals surface area contributed by atoms with Crippen LogP contribution in [0.3, 0.4) is 0 Å². The van der Waals surface area contributed by atoms with Crippen molar-refractivity contribution >= 4 is 0 Å². The van der Waals surface area contributed by atoms with E-state index in [9.17, 15) is 15.3 Å². The Bertz CT molecular complexity index is 147. The first-order valence-electron chi connectivity index (χ1n) is 4.52. The van der Waals surface area contributed by atoms with Crippen LogP contribution in [0.15, 0.2) is 0 Å². The molecule has 0 spiro atoms. The van der Waals surface area contributed by atoms with Gasteiger partial charge in [-0.15, -0.1) is 0 Å². The van der Waals surface area contributed by atoms with Crippen molar-refractivity contribution in [1.29, 1.82) is 0 Å². The lowest BCUT2D eigenvalue weighted by atomic mass is 9.82. The third-order valence-electron chi connectivity index (χ3n) is 2.34. The zero-order valence-corrected chi connectivity index (χ0v) is 8.44. The van der Waals surface area contributed by atoms with E-state index in [0.717, 1.165) is 0 Å². The van der Waals surface area contributed by atoms with Crippen molar-refractivity contribution in [2.24, 2.45) is 5.41 Å². The maximum absolute atomic E-state index is 9.58. The molecular weight excluding hydrogens is 172 g/mol. The molecule has 0 aromatic heterocycles. The fourth-order valence-corrected chi connectivity index (χ4v) is 1.01. The molecule has 4 nitrogen and oxygen atoms in total. The zero-order valence-electron chi connectivity index (χ0n) is 8.44. The summed E-state index contributed by atoms with van der Waals surface area (Å²) >= 11 is 0. The standard InChI is InChI=1S/C9H20O4/c1-4-6(11)7(12)8(13)9(2,3)5-10/h6-8,10-13H,4-5H2,1-3H3. The average molecular weight is 192 g/mol. The molecule has 0 bridgehead atoms. The van der Waals surface area contributed by atoms with E-state index in [0.29, 0.717) is 6.42 Å². The fourth-order valence-electron chi connectivity index (χ4n) is 1.01. The highest BCUT2D eigenvalue weighted by molar-refractivity contribution is 4.85. The van der Waals surface area contributed by atoms with Crippen LogP contribution in [0, 0.1) is 5.41 Å². The topological polar surface area (TPSA) is 80.9 Å². The van der Waals surface area contributed by atoms with Gasteiger partial charge in [0.1, 0.15) is 6.10 Å². The molecule has 0 radical (unpaired) electrons. The molecule has 0 aromatic carbocycles. The van der Waals surface area contributed by atoms with Gasteiger partial charge in [0.2, 0.25) is 0 Å². The molecule has 0 saturated carbocycles. The number of aliphatic hydroxyl groups is 4. The molecule has 0 aliphatic rings. The molecule has 4 N–H and O–H groups in total. The predicted molar refractivity (Wildman–Crippen MR) is 49.2 cm³/mol. The van der Waals surface area contributed by atoms with Gasteiger partial charge >= 0.3 is 0 Å². The SMILES string of the molecule is CCC(O)C(O)C(O)C(C)(C)CO. The van der Waals surface area contributed by atoms with Crippen molar-refractivity contribution in [1.82, 2.24) is 0 Å². The second-order valence-electron chi connectivity index (χ2n) is 4.06. The Morgan fingerprint density at radius 1 is 1.15 bits per heavy atom. The summed E-state index contributed by atoms with van der Waals surface area (Å²) in [4.78, 5) is 0. The molecule has 3 unspecified atom stereocenters. The van der Waals surface area contributed by atoms with E-state index in [1.165, 1.54) is 0 Å². The number of aliphatic hydroxyl groups excluding tert-OH is 4. The zero-order chi connectivity index (χ0) is 10.6. The van der Waals surface area contributed by atoms with Gasteiger partial charge in [-0.3, -0.25) is 0 Å². The van der Waals surface area contributed by atoms with Crippen LogP contribution in [0.4, 0.5) is 0 Å². The summed E-state index contributed by atoms with van der Waals surface area (Å²) in [6.45, 7) is 4.74. The normalized spacial score (nSPS) is 19.6. The van der Waals surface area contributed by atoms with Gasteiger partial charge in [0.15, 0.2) is 0 Å². The predicted octanol–water partition coefficient (Wildman–Crippen LogP) is -0.502. The summed E-state index contributed by atoms with van der Waals surface area (Å²) < 4.78 is 0. The van der Waals surface area contributed by atoms with Crippen LogP contribution in [0.5, 0.6) is 0 Å². The van der Waals surface area contributed by atoms with Crippen molar-refractivity contribution in [3.63, 3.8) is 0 Å². The molecule has 13 heavy (non-hydrogen) atoms. The largest absolute Gasteiger partial charge is 0.396 e. The van der Waals surface area contributed by atoms with E-state index in [1.54, 1.807) is 20.8 Å². The van der Waals surface area contributed by atoms with Gasteiger partial charge in [-0.25, -0.2) is 0 Å². The van der Waals surface area contributed by atoms with Crippen LogP contribution >= 0.6 is 0 Å². The molecule has 3 atom stereocenters. The Kier molecular flexibility index (Phi) is 4.85. The maximum atomic E-state index is 9.58. The lowest BCUT2D eigenvalue weighted by molar-refractivity contribution is -0.114. The van der Waals surface area contributed by atoms with Crippen molar-refractivity contribution in [3.8, 4) is 0 Å². The van der Waals surface area contributed by atoms with E-state index in [4.69, 9.17) is 5.11 Å². The number of rotatable bonds is 5. The molecule has 0 amide bonds. The minimum Gasteiger partial charge on any atom is -0.396 e. The Hall–Kier alpha value is -0.160. The molecule has 0 saturated heterocycles. The first-order chi connectivity index (χ1) is 5.86. The van der Waals surface area contributed by atoms with Crippen LogP contribution in [0.1, 0.15) is 27.2 Å². The molecule has 0 aromatic rings. The Morgan fingerprint density at radius 3 is 1.92 bits per heavy atom. The summed E-state index contributed by atoms with van der Waals surface area (Å²) in [6, 6.07) is 0. The number of hydrogen-bond donors (Lipinski definition) is 4. The highest BCUT2D eigenvalue weighted by Crippen LogP contribution is 2.24. The quantitative estimate of drug-likeness (QED) is 0.473. The third-order valence-corrected chi connectivity index (χ3v) is 2.34. The van der Waals surface area contributed by atoms with Gasteiger partial charge in [0.25, 0.3) is 0 Å². The van der Waals surface area contributed by atoms with Gasteiger partial charge in [-0.2, -0.15) is 0 Å². The Labute approximate surface area is 78.8 Å². The fraction of sp³-hybridized carbons (Fsp3) is 1.00. The van der Waals surface area contributed by atoms with Gasteiger partial charge in [-0.1, -0.05) is 20.8 Å². The minimum atomic E-state index is -1.20. The van der Waals surface area contributed by atoms with Gasteiger partial charge in [-0.05, 0) is 6.42 Å². The minimum absolute atomic E-state index is 0.234. The van der Waals surface area contributed by atoms with Crippen molar-refractivity contribution < 1.29 is 20.4 Å².